The number of fused-ring (bicyclic) bond motifs is 10. The number of alkyl carbamates (subject to hydrolysis) is 2. The summed E-state index contributed by atoms with van der Waals surface area (Å²) in [7, 11) is 2.25. The fourth-order valence-electron chi connectivity index (χ4n) is 10.3. The van der Waals surface area contributed by atoms with Crippen LogP contribution in [0.3, 0.4) is 0 Å². The van der Waals surface area contributed by atoms with Crippen molar-refractivity contribution in [2.45, 2.75) is 195 Å². The molecule has 0 bridgehead atoms. The molecule has 6 N–H and O–H groups in total. The minimum atomic E-state index is -2.04. The molecule has 0 aliphatic carbocycles. The highest BCUT2D eigenvalue weighted by Gasteiger charge is 2.52. The van der Waals surface area contributed by atoms with E-state index in [0.29, 0.717) is 41.4 Å². The third-order valence-corrected chi connectivity index (χ3v) is 14.2. The van der Waals surface area contributed by atoms with E-state index in [1.807, 2.05) is 66.0 Å². The van der Waals surface area contributed by atoms with Gasteiger partial charge in [0.25, 0.3) is 11.1 Å². The summed E-state index contributed by atoms with van der Waals surface area (Å²) in [5.74, 6) is -6.22. The Bertz CT molecular complexity index is 4050. The lowest BCUT2D eigenvalue weighted by atomic mass is 9.85. The Morgan fingerprint density at radius 3 is 1.47 bits per heavy atom. The number of para-hydroxylation sites is 2. The minimum Gasteiger partial charge on any atom is -0.481 e. The molecule has 0 saturated heterocycles. The number of pyridine rings is 4. The van der Waals surface area contributed by atoms with Gasteiger partial charge in [-0.3, -0.25) is 19.2 Å². The lowest BCUT2D eigenvalue weighted by molar-refractivity contribution is -0.191. The standard InChI is InChI=1S/C33H37N3O9.C20H16N2O4.C9H15NO6.C4H10O.CH5P/c1-8-33(44-28(39)23(15-25(37)43-31(2,3)4)35-30(41)45-32(5,6)7)21-14-24-26-19(13-18-11-9-10-12-22(18)34-26)16-36(24)27(38)20(21)17-42-29(33)40;1-2-20(25)14-8-16-17-12(7-11-5-3-4-6-15(11)21-17)9-22(16)18(23)13(14)10-26-19(20)24;1-9(2,3)16-8(15)10-5(7(13)14)4-6(11)12;1-4(2,3)5;1-2/h9-14,23H,8,15-17H2,1-7H3,(H,35,41);3-8,25H,2,9-10H2,1H3;5H,4H2,1-3H3,(H,10,15)(H,11,12)(H,13,14);5H,1-3H3;2H2,1H3/t23?,33-;20-;5-;;/m000../s1/i;;;;1T. The molecule has 26 nitrogen and oxygen atoms in total. The van der Waals surface area contributed by atoms with Gasteiger partial charge in [-0.05, 0) is 132 Å². The van der Waals surface area contributed by atoms with E-state index in [0.717, 1.165) is 38.6 Å². The molecule has 94 heavy (non-hydrogen) atoms. The van der Waals surface area contributed by atoms with Gasteiger partial charge in [0.15, 0.2) is 5.60 Å². The first kappa shape index (κ1) is 72.3. The number of carbonyl (C=O) groups is 8. The molecule has 6 aromatic rings. The van der Waals surface area contributed by atoms with Gasteiger partial charge >= 0.3 is 48.0 Å². The van der Waals surface area contributed by atoms with Crippen LogP contribution < -0.4 is 21.8 Å². The van der Waals surface area contributed by atoms with Crippen LogP contribution in [0.4, 0.5) is 9.59 Å². The quantitative estimate of drug-likeness (QED) is 0.0405. The van der Waals surface area contributed by atoms with E-state index < -0.39 is 112 Å². The van der Waals surface area contributed by atoms with E-state index in [2.05, 4.69) is 14.6 Å². The number of hydrogen-bond acceptors (Lipinski definition) is 20. The molecule has 4 aromatic heterocycles. The van der Waals surface area contributed by atoms with Crippen LogP contribution in [0.2, 0.25) is 0 Å². The maximum absolute atomic E-state index is 13.8. The van der Waals surface area contributed by atoms with Crippen molar-refractivity contribution >= 4 is 79.0 Å². The van der Waals surface area contributed by atoms with Gasteiger partial charge in [0.2, 0.25) is 5.60 Å². The van der Waals surface area contributed by atoms with Crippen molar-refractivity contribution in [1.82, 2.24) is 29.7 Å². The molecule has 0 radical (unpaired) electrons. The maximum Gasteiger partial charge on any atom is 0.408 e. The lowest BCUT2D eigenvalue weighted by Crippen LogP contribution is -2.52. The van der Waals surface area contributed by atoms with Gasteiger partial charge in [0, 0.05) is 34.4 Å². The number of cyclic esters (lactones) is 2. The van der Waals surface area contributed by atoms with Crippen LogP contribution in [-0.4, -0.2) is 129 Å². The smallest absolute Gasteiger partial charge is 0.408 e. The van der Waals surface area contributed by atoms with Gasteiger partial charge in [0.05, 0.1) is 76.5 Å². The first-order valence-corrected chi connectivity index (χ1v) is 30.9. The van der Waals surface area contributed by atoms with Gasteiger partial charge in [-0.2, -0.15) is 0 Å². The van der Waals surface area contributed by atoms with Crippen molar-refractivity contribution < 1.29 is 88.6 Å². The number of carboxylic acid groups (broad SMARTS) is 2. The van der Waals surface area contributed by atoms with Crippen LogP contribution in [0.25, 0.3) is 44.6 Å². The highest BCUT2D eigenvalue weighted by Crippen LogP contribution is 2.42. The van der Waals surface area contributed by atoms with Gasteiger partial charge in [-0.25, -0.2) is 38.7 Å². The average molecular weight is 1330 g/mol. The Morgan fingerprint density at radius 1 is 0.638 bits per heavy atom. The monoisotopic (exact) mass is 1320 g/mol. The second kappa shape index (κ2) is 29.0. The van der Waals surface area contributed by atoms with Crippen molar-refractivity contribution in [3.8, 4) is 22.8 Å². The van der Waals surface area contributed by atoms with Crippen molar-refractivity contribution in [3.63, 3.8) is 0 Å². The molecule has 2 unspecified atom stereocenters. The second-order valence-corrected chi connectivity index (χ2v) is 26.3. The number of amides is 2. The number of hydrogen-bond donors (Lipinski definition) is 6. The summed E-state index contributed by atoms with van der Waals surface area (Å²) in [6.45, 7) is 24.0. The molecule has 5 atom stereocenters. The first-order valence-electron chi connectivity index (χ1n) is 30.8. The maximum atomic E-state index is 13.8. The number of nitrogens with zero attached hydrogens (tertiary/aromatic N) is 4. The normalized spacial score (nSPS) is 17.2. The van der Waals surface area contributed by atoms with Crippen LogP contribution in [-0.2, 0) is 94.7 Å². The largest absolute Gasteiger partial charge is 0.481 e. The third-order valence-electron chi connectivity index (χ3n) is 14.2. The Kier molecular flexibility index (Phi) is 22.3. The lowest BCUT2D eigenvalue weighted by Gasteiger charge is -2.36. The zero-order chi connectivity index (χ0) is 71.1. The van der Waals surface area contributed by atoms with Gasteiger partial charge < -0.3 is 68.6 Å². The van der Waals surface area contributed by atoms with Crippen molar-refractivity contribution in [1.29, 1.82) is 0 Å². The number of nitrogens with one attached hydrogen (secondary N) is 2. The van der Waals surface area contributed by atoms with Crippen molar-refractivity contribution in [2.24, 2.45) is 0 Å². The van der Waals surface area contributed by atoms with E-state index in [1.54, 1.807) is 118 Å². The Hall–Kier alpha value is -9.13. The molecular weight excluding hydrogens is 1240 g/mol. The topological polar surface area (TPSA) is 367 Å². The highest BCUT2D eigenvalue weighted by atomic mass is 31.0. The van der Waals surface area contributed by atoms with Crippen LogP contribution >= 0.6 is 9.24 Å². The number of carboxylic acids is 2. The van der Waals surface area contributed by atoms with E-state index in [-0.39, 0.29) is 49.3 Å². The highest BCUT2D eigenvalue weighted by molar-refractivity contribution is 7.15. The zero-order valence-electron chi connectivity index (χ0n) is 56.1. The molecule has 0 fully saturated rings. The van der Waals surface area contributed by atoms with E-state index in [4.69, 9.17) is 55.1 Å². The van der Waals surface area contributed by atoms with Crippen LogP contribution in [0.15, 0.2) is 82.4 Å². The predicted molar refractivity (Wildman–Crippen MR) is 347 cm³/mol. The summed E-state index contributed by atoms with van der Waals surface area (Å²) in [5.41, 5.74) is -0.714. The van der Waals surface area contributed by atoms with Crippen LogP contribution in [0.5, 0.6) is 0 Å². The zero-order valence-corrected chi connectivity index (χ0v) is 56.3. The first-order chi connectivity index (χ1) is 44.1. The number of rotatable bonds is 11. The van der Waals surface area contributed by atoms with Crippen LogP contribution in [0.1, 0.15) is 157 Å². The van der Waals surface area contributed by atoms with Crippen molar-refractivity contribution in [3.05, 3.63) is 127 Å². The number of aliphatic hydroxyl groups is 2. The molecule has 27 heteroatoms. The SMILES string of the molecule is CC(C)(C)O.CC(C)(C)OC(=O)N[C@@H](CC(=O)O)C(=O)O.CC[C@@]1(O)C(=O)OCc2c1cc1n(c2=O)Cc2cc3ccccc3nc2-1.CC[C@@]1(OC(=O)C(CC(=O)OC(C)(C)C)NC(=O)OC(C)(C)C)C(=O)OCc2c1cc1n(c2=O)Cc2cc3ccccc3nc2-1.[3H]CP. The summed E-state index contributed by atoms with van der Waals surface area (Å²) in [5, 5.41) is 42.7. The second-order valence-electron chi connectivity index (χ2n) is 26.3. The Morgan fingerprint density at radius 2 is 1.05 bits per heavy atom. The molecule has 0 saturated carbocycles. The summed E-state index contributed by atoms with van der Waals surface area (Å²) < 4.78 is 41.2. The summed E-state index contributed by atoms with van der Waals surface area (Å²) in [4.78, 5) is 133. The third kappa shape index (κ3) is 17.8. The molecular formula is C67H83N6O20P. The summed E-state index contributed by atoms with van der Waals surface area (Å²) >= 11 is 0. The van der Waals surface area contributed by atoms with E-state index >= 15 is 0 Å². The average Bonchev–Trinajstić information content (AvgIpc) is 1.69. The number of ether oxygens (including phenoxy) is 6. The van der Waals surface area contributed by atoms with Gasteiger partial charge in [0.1, 0.15) is 42.1 Å². The number of aromatic nitrogens is 4. The fourth-order valence-corrected chi connectivity index (χ4v) is 10.3. The number of carbonyl (C=O) groups excluding carboxylic acids is 6. The molecule has 506 valence electrons. The van der Waals surface area contributed by atoms with Gasteiger partial charge in [-0.1, -0.05) is 56.9 Å². The predicted octanol–water partition coefficient (Wildman–Crippen LogP) is 8.04. The molecule has 4 aliphatic rings. The van der Waals surface area contributed by atoms with Gasteiger partial charge in [-0.15, -0.1) is 9.24 Å². The van der Waals surface area contributed by atoms with E-state index in [9.17, 15) is 53.1 Å². The Balaban J connectivity index is 0.000000239. The molecule has 10 rings (SSSR count). The number of benzene rings is 2. The summed E-state index contributed by atoms with van der Waals surface area (Å²) in [6.07, 6.45) is -3.20. The number of aliphatic carboxylic acids is 2. The van der Waals surface area contributed by atoms with Crippen molar-refractivity contribution in [2.75, 3.05) is 6.64 Å². The molecule has 4 aliphatic heterocycles. The molecule has 0 spiro atoms. The molecule has 2 amide bonds. The summed E-state index contributed by atoms with van der Waals surface area (Å²) in [6, 6.07) is 19.7. The Labute approximate surface area is 546 Å². The van der Waals surface area contributed by atoms with E-state index in [1.165, 1.54) is 0 Å². The number of esters is 4. The fraction of sp³-hybridized carbons (Fsp3) is 0.463. The minimum absolute atomic E-state index is 0.100. The van der Waals surface area contributed by atoms with Crippen LogP contribution in [0, 0.1) is 0 Å². The molecule has 2 aromatic carbocycles. The molecule has 8 heterocycles.